The molecule has 2 saturated heterocycles. The molecular formula is C31H32F5N7O2. The van der Waals surface area contributed by atoms with Crippen LogP contribution in [-0.4, -0.2) is 68.5 Å². The second-order valence-corrected chi connectivity index (χ2v) is 11.9. The zero-order valence-electron chi connectivity index (χ0n) is 25.0. The number of ether oxygens (including phenoxy) is 1. The van der Waals surface area contributed by atoms with E-state index in [0.717, 1.165) is 11.9 Å². The molecule has 2 aliphatic heterocycles. The van der Waals surface area contributed by atoms with Gasteiger partial charge >= 0.3 is 12.3 Å². The van der Waals surface area contributed by atoms with Crippen molar-refractivity contribution in [2.45, 2.75) is 57.9 Å². The van der Waals surface area contributed by atoms with Crippen LogP contribution in [0.1, 0.15) is 44.8 Å². The first-order valence-corrected chi connectivity index (χ1v) is 14.7. The number of carbonyl (C=O) groups excluding carboxylic acids is 1. The van der Waals surface area contributed by atoms with Gasteiger partial charge in [0.15, 0.2) is 5.82 Å². The van der Waals surface area contributed by atoms with Gasteiger partial charge in [-0.15, -0.1) is 0 Å². The van der Waals surface area contributed by atoms with Crippen molar-refractivity contribution in [3.8, 4) is 11.3 Å². The largest absolute Gasteiger partial charge is 0.441 e. The van der Waals surface area contributed by atoms with Gasteiger partial charge in [-0.25, -0.2) is 28.5 Å². The van der Waals surface area contributed by atoms with E-state index in [0.29, 0.717) is 48.3 Å². The molecule has 6 rings (SSSR count). The van der Waals surface area contributed by atoms with Crippen LogP contribution in [0.5, 0.6) is 0 Å². The molecule has 0 radical (unpaired) electrons. The molecule has 238 valence electrons. The topological polar surface area (TPSA) is 88.4 Å². The number of benzene rings is 1. The molecule has 9 nitrogen and oxygen atoms in total. The highest BCUT2D eigenvalue weighted by molar-refractivity contribution is 5.90. The number of hydrogen-bond acceptors (Lipinski definition) is 7. The summed E-state index contributed by atoms with van der Waals surface area (Å²) in [5.41, 5.74) is 1.43. The third kappa shape index (κ3) is 6.28. The lowest BCUT2D eigenvalue weighted by molar-refractivity contribution is -0.139. The predicted molar refractivity (Wildman–Crippen MR) is 158 cm³/mol. The molecule has 2 fully saturated rings. The molecule has 1 spiro atoms. The van der Waals surface area contributed by atoms with E-state index < -0.39 is 35.9 Å². The maximum atomic E-state index is 15.1. The molecule has 1 amide bonds. The van der Waals surface area contributed by atoms with Gasteiger partial charge in [-0.3, -0.25) is 4.90 Å². The maximum Gasteiger partial charge on any atom is 0.415 e. The molecule has 0 saturated carbocycles. The number of hydrogen-bond donors (Lipinski definition) is 1. The SMILES string of the molecule is Cc1cc2c(F)cc(-c3nc(Nc4ccc(N5CC6(CCN(CCC(F)(F)F)CC6)OC5=O)cn4)ncc3F)cc2n1C(C)C. The lowest BCUT2D eigenvalue weighted by Crippen LogP contribution is -2.47. The highest BCUT2D eigenvalue weighted by atomic mass is 19.4. The molecule has 0 unspecified atom stereocenters. The molecule has 1 aromatic carbocycles. The molecule has 2 aliphatic rings. The van der Waals surface area contributed by atoms with Crippen molar-refractivity contribution in [2.24, 2.45) is 0 Å². The molecular weight excluding hydrogens is 597 g/mol. The number of nitrogens with zero attached hydrogens (tertiary/aromatic N) is 6. The van der Waals surface area contributed by atoms with Gasteiger partial charge in [-0.1, -0.05) is 0 Å². The Morgan fingerprint density at radius 3 is 2.47 bits per heavy atom. The van der Waals surface area contributed by atoms with Crippen LogP contribution < -0.4 is 10.2 Å². The van der Waals surface area contributed by atoms with Crippen molar-refractivity contribution in [1.29, 1.82) is 0 Å². The van der Waals surface area contributed by atoms with E-state index in [9.17, 15) is 22.4 Å². The van der Waals surface area contributed by atoms with Crippen LogP contribution >= 0.6 is 0 Å². The average Bonchev–Trinajstić information content (AvgIpc) is 3.49. The number of aryl methyl sites for hydroxylation is 1. The Morgan fingerprint density at radius 2 is 1.80 bits per heavy atom. The quantitative estimate of drug-likeness (QED) is 0.217. The Balaban J connectivity index is 1.15. The van der Waals surface area contributed by atoms with Gasteiger partial charge < -0.3 is 19.5 Å². The number of rotatable bonds is 7. The average molecular weight is 630 g/mol. The van der Waals surface area contributed by atoms with Gasteiger partial charge in [0.1, 0.15) is 22.9 Å². The summed E-state index contributed by atoms with van der Waals surface area (Å²) in [7, 11) is 0. The number of anilines is 3. The third-order valence-electron chi connectivity index (χ3n) is 8.38. The van der Waals surface area contributed by atoms with Crippen LogP contribution in [0.25, 0.3) is 22.2 Å². The fourth-order valence-corrected chi connectivity index (χ4v) is 6.15. The maximum absolute atomic E-state index is 15.1. The number of amides is 1. The molecule has 1 N–H and O–H groups in total. The van der Waals surface area contributed by atoms with E-state index in [4.69, 9.17) is 4.74 Å². The zero-order valence-corrected chi connectivity index (χ0v) is 25.0. The number of aromatic nitrogens is 4. The van der Waals surface area contributed by atoms with Crippen LogP contribution in [0.3, 0.4) is 0 Å². The highest BCUT2D eigenvalue weighted by Crippen LogP contribution is 2.37. The predicted octanol–water partition coefficient (Wildman–Crippen LogP) is 7.15. The van der Waals surface area contributed by atoms with Gasteiger partial charge in [0.2, 0.25) is 5.95 Å². The van der Waals surface area contributed by atoms with Gasteiger partial charge in [0.25, 0.3) is 0 Å². The van der Waals surface area contributed by atoms with Crippen LogP contribution in [0.4, 0.5) is 44.2 Å². The molecule has 0 aliphatic carbocycles. The minimum Gasteiger partial charge on any atom is -0.441 e. The molecule has 0 bridgehead atoms. The standard InChI is InChI=1S/C31H32F5N7O2/c1-18(2)43-19(3)12-22-23(32)13-20(14-25(22)43)27-24(33)16-38-28(40-27)39-26-5-4-21(15-37-26)42-17-30(45-29(42)44)6-9-41(10-7-30)11-8-31(34,35)36/h4-5,12-16,18H,6-11,17H2,1-3H3,(H,37,38,39,40). The summed E-state index contributed by atoms with van der Waals surface area (Å²) in [6.45, 7) is 6.87. The second kappa shape index (κ2) is 11.5. The fraction of sp³-hybridized carbons (Fsp3) is 0.419. The molecule has 14 heteroatoms. The minimum atomic E-state index is -4.21. The molecule has 5 heterocycles. The van der Waals surface area contributed by atoms with E-state index in [1.807, 2.05) is 25.3 Å². The van der Waals surface area contributed by atoms with Crippen LogP contribution in [0.15, 0.2) is 42.7 Å². The monoisotopic (exact) mass is 629 g/mol. The summed E-state index contributed by atoms with van der Waals surface area (Å²) in [5, 5.41) is 3.37. The summed E-state index contributed by atoms with van der Waals surface area (Å²) in [6.07, 6.45) is -2.29. The first kappa shape index (κ1) is 30.7. The minimum absolute atomic E-state index is 0.0411. The van der Waals surface area contributed by atoms with E-state index in [2.05, 4.69) is 20.3 Å². The lowest BCUT2D eigenvalue weighted by Gasteiger charge is -2.37. The summed E-state index contributed by atoms with van der Waals surface area (Å²) in [5.74, 6) is -0.833. The second-order valence-electron chi connectivity index (χ2n) is 11.9. The van der Waals surface area contributed by atoms with Crippen molar-refractivity contribution in [2.75, 3.05) is 36.4 Å². The molecule has 3 aromatic heterocycles. The molecule has 45 heavy (non-hydrogen) atoms. The van der Waals surface area contributed by atoms with Crippen molar-refractivity contribution < 1.29 is 31.5 Å². The Bertz CT molecular complexity index is 1730. The van der Waals surface area contributed by atoms with Crippen molar-refractivity contribution in [3.63, 3.8) is 0 Å². The number of nitrogens with one attached hydrogen (secondary N) is 1. The third-order valence-corrected chi connectivity index (χ3v) is 8.38. The number of pyridine rings is 1. The summed E-state index contributed by atoms with van der Waals surface area (Å²) < 4.78 is 75.5. The number of carbonyl (C=O) groups is 1. The van der Waals surface area contributed by atoms with E-state index in [-0.39, 0.29) is 36.3 Å². The summed E-state index contributed by atoms with van der Waals surface area (Å²) in [4.78, 5) is 28.6. The van der Waals surface area contributed by atoms with Crippen LogP contribution in [0.2, 0.25) is 0 Å². The summed E-state index contributed by atoms with van der Waals surface area (Å²) in [6, 6.07) is 8.05. The number of alkyl halides is 3. The van der Waals surface area contributed by atoms with Crippen molar-refractivity contribution >= 4 is 34.4 Å². The van der Waals surface area contributed by atoms with Crippen LogP contribution in [0, 0.1) is 18.6 Å². The summed E-state index contributed by atoms with van der Waals surface area (Å²) >= 11 is 0. The van der Waals surface area contributed by atoms with Gasteiger partial charge in [-0.05, 0) is 51.1 Å². The zero-order chi connectivity index (χ0) is 32.1. The van der Waals surface area contributed by atoms with Crippen molar-refractivity contribution in [3.05, 3.63) is 60.1 Å². The first-order chi connectivity index (χ1) is 21.3. The van der Waals surface area contributed by atoms with Gasteiger partial charge in [0.05, 0.1) is 36.6 Å². The normalized spacial score (nSPS) is 17.1. The Hall–Kier alpha value is -4.33. The molecule has 0 atom stereocenters. The smallest absolute Gasteiger partial charge is 0.415 e. The number of likely N-dealkylation sites (tertiary alicyclic amines) is 1. The van der Waals surface area contributed by atoms with Gasteiger partial charge in [-0.2, -0.15) is 13.2 Å². The number of halogens is 5. The Labute approximate surface area is 256 Å². The molecule has 4 aromatic rings. The van der Waals surface area contributed by atoms with Crippen LogP contribution in [-0.2, 0) is 4.74 Å². The lowest BCUT2D eigenvalue weighted by atomic mass is 9.91. The number of fused-ring (bicyclic) bond motifs is 1. The van der Waals surface area contributed by atoms with Gasteiger partial charge in [0, 0.05) is 55.2 Å². The van der Waals surface area contributed by atoms with E-state index in [1.54, 1.807) is 29.2 Å². The fourth-order valence-electron chi connectivity index (χ4n) is 6.15. The first-order valence-electron chi connectivity index (χ1n) is 14.7. The highest BCUT2D eigenvalue weighted by Gasteiger charge is 2.47. The Kier molecular flexibility index (Phi) is 7.88. The van der Waals surface area contributed by atoms with Crippen molar-refractivity contribution in [1.82, 2.24) is 24.4 Å². The Morgan fingerprint density at radius 1 is 1.04 bits per heavy atom. The van der Waals surface area contributed by atoms with E-state index in [1.165, 1.54) is 17.2 Å². The van der Waals surface area contributed by atoms with E-state index >= 15 is 4.39 Å². The number of piperidine rings is 1.